The average molecular weight is 419 g/mol. The fourth-order valence-corrected chi connectivity index (χ4v) is 4.33. The fourth-order valence-electron chi connectivity index (χ4n) is 3.59. The second-order valence-corrected chi connectivity index (χ2v) is 8.55. The quantitative estimate of drug-likeness (QED) is 0.507. The molecule has 158 valence electrons. The maximum atomic E-state index is 13.7. The predicted molar refractivity (Wildman–Crippen MR) is 118 cm³/mol. The van der Waals surface area contributed by atoms with E-state index in [9.17, 15) is 4.39 Å². The van der Waals surface area contributed by atoms with Crippen LogP contribution >= 0.6 is 11.3 Å². The fraction of sp³-hybridized carbons (Fsp3) is 0.500. The lowest BCUT2D eigenvalue weighted by Gasteiger charge is -2.32. The Morgan fingerprint density at radius 1 is 1.31 bits per heavy atom. The summed E-state index contributed by atoms with van der Waals surface area (Å²) in [7, 11) is 1.77. The number of piperidine rings is 1. The van der Waals surface area contributed by atoms with Gasteiger partial charge >= 0.3 is 0 Å². The second-order valence-electron chi connectivity index (χ2n) is 7.52. The van der Waals surface area contributed by atoms with Crippen LogP contribution < -0.4 is 15.4 Å². The summed E-state index contributed by atoms with van der Waals surface area (Å²) in [6, 6.07) is 10.8. The molecule has 7 heteroatoms. The third kappa shape index (κ3) is 7.01. The molecule has 5 nitrogen and oxygen atoms in total. The van der Waals surface area contributed by atoms with E-state index in [1.165, 1.54) is 30.3 Å². The third-order valence-electron chi connectivity index (χ3n) is 5.07. The van der Waals surface area contributed by atoms with Crippen molar-refractivity contribution >= 4 is 17.3 Å². The summed E-state index contributed by atoms with van der Waals surface area (Å²) in [5.74, 6) is 1.29. The van der Waals surface area contributed by atoms with E-state index in [1.807, 2.05) is 18.3 Å². The molecule has 1 saturated heterocycles. The molecule has 1 fully saturated rings. The van der Waals surface area contributed by atoms with Crippen LogP contribution in [-0.4, -0.2) is 50.2 Å². The number of aliphatic imine (C=N–C) groups is 1. The minimum Gasteiger partial charge on any atom is -0.486 e. The number of halogens is 1. The van der Waals surface area contributed by atoms with Crippen LogP contribution in [0.5, 0.6) is 5.75 Å². The van der Waals surface area contributed by atoms with Crippen LogP contribution in [0.1, 0.15) is 24.6 Å². The molecule has 1 aromatic heterocycles. The molecule has 0 saturated carbocycles. The zero-order valence-electron chi connectivity index (χ0n) is 17.2. The van der Waals surface area contributed by atoms with Crippen molar-refractivity contribution < 1.29 is 9.13 Å². The molecule has 1 aliphatic rings. The number of benzene rings is 1. The number of nitrogens with zero attached hydrogens (tertiary/aromatic N) is 2. The number of para-hydroxylation sites is 1. The number of thiophene rings is 1. The highest BCUT2D eigenvalue weighted by Gasteiger charge is 2.20. The summed E-state index contributed by atoms with van der Waals surface area (Å²) in [4.78, 5) is 8.28. The Kier molecular flexibility index (Phi) is 8.31. The Balaban J connectivity index is 1.39. The molecule has 0 aliphatic carbocycles. The summed E-state index contributed by atoms with van der Waals surface area (Å²) in [6.45, 7) is 6.68. The Bertz CT molecular complexity index is 768. The Hall–Kier alpha value is -2.12. The standard InChI is InChI=1S/C22H31FN4OS/c1-17(28-21-10-4-3-9-20(21)23)13-25-22(24-2)26-14-18-7-5-11-27(15-18)16-19-8-6-12-29-19/h3-4,6,8-10,12,17-18H,5,7,11,13-16H2,1-2H3,(H2,24,25,26). The highest BCUT2D eigenvalue weighted by atomic mass is 32.1. The minimum absolute atomic E-state index is 0.179. The van der Waals surface area contributed by atoms with Crippen LogP contribution in [0.15, 0.2) is 46.8 Å². The zero-order chi connectivity index (χ0) is 20.5. The number of ether oxygens (including phenoxy) is 1. The Labute approximate surface area is 177 Å². The van der Waals surface area contributed by atoms with E-state index in [-0.39, 0.29) is 17.7 Å². The summed E-state index contributed by atoms with van der Waals surface area (Å²) < 4.78 is 19.4. The Morgan fingerprint density at radius 2 is 2.17 bits per heavy atom. The molecular weight excluding hydrogens is 387 g/mol. The summed E-state index contributed by atoms with van der Waals surface area (Å²) in [5.41, 5.74) is 0. The van der Waals surface area contributed by atoms with Crippen molar-refractivity contribution in [2.75, 3.05) is 33.2 Å². The van der Waals surface area contributed by atoms with Crippen LogP contribution in [0.25, 0.3) is 0 Å². The largest absolute Gasteiger partial charge is 0.486 e. The van der Waals surface area contributed by atoms with Crippen molar-refractivity contribution in [3.8, 4) is 5.75 Å². The molecule has 0 bridgehead atoms. The highest BCUT2D eigenvalue weighted by Crippen LogP contribution is 2.20. The summed E-state index contributed by atoms with van der Waals surface area (Å²) in [5, 5.41) is 8.85. The molecule has 1 aromatic carbocycles. The molecule has 0 radical (unpaired) electrons. The first kappa shape index (κ1) is 21.6. The van der Waals surface area contributed by atoms with Crippen molar-refractivity contribution in [1.82, 2.24) is 15.5 Å². The van der Waals surface area contributed by atoms with Crippen molar-refractivity contribution in [3.63, 3.8) is 0 Å². The maximum Gasteiger partial charge on any atom is 0.191 e. The molecule has 2 unspecified atom stereocenters. The van der Waals surface area contributed by atoms with Crippen molar-refractivity contribution in [1.29, 1.82) is 0 Å². The van der Waals surface area contributed by atoms with Crippen LogP contribution in [-0.2, 0) is 6.54 Å². The van der Waals surface area contributed by atoms with Gasteiger partial charge in [0.1, 0.15) is 6.10 Å². The van der Waals surface area contributed by atoms with Gasteiger partial charge in [-0.2, -0.15) is 0 Å². The van der Waals surface area contributed by atoms with Gasteiger partial charge in [-0.05, 0) is 55.8 Å². The van der Waals surface area contributed by atoms with Gasteiger partial charge in [0.15, 0.2) is 17.5 Å². The van der Waals surface area contributed by atoms with Gasteiger partial charge < -0.3 is 15.4 Å². The average Bonchev–Trinajstić information content (AvgIpc) is 3.23. The van der Waals surface area contributed by atoms with Crippen LogP contribution in [0, 0.1) is 11.7 Å². The van der Waals surface area contributed by atoms with E-state index in [0.717, 1.165) is 25.6 Å². The molecule has 2 aromatic rings. The first-order valence-electron chi connectivity index (χ1n) is 10.2. The summed E-state index contributed by atoms with van der Waals surface area (Å²) >= 11 is 1.83. The van der Waals surface area contributed by atoms with Crippen LogP contribution in [0.2, 0.25) is 0 Å². The molecule has 2 heterocycles. The number of hydrogen-bond donors (Lipinski definition) is 2. The SMILES string of the molecule is CN=C(NCC1CCCN(Cc2cccs2)C1)NCC(C)Oc1ccccc1F. The molecule has 3 rings (SSSR count). The molecular formula is C22H31FN4OS. The van der Waals surface area contributed by atoms with Crippen molar-refractivity contribution in [2.24, 2.45) is 10.9 Å². The van der Waals surface area contributed by atoms with Crippen molar-refractivity contribution in [3.05, 3.63) is 52.5 Å². The van der Waals surface area contributed by atoms with Crippen LogP contribution in [0.3, 0.4) is 0 Å². The van der Waals surface area contributed by atoms with Gasteiger partial charge in [-0.25, -0.2) is 4.39 Å². The van der Waals surface area contributed by atoms with E-state index in [4.69, 9.17) is 4.74 Å². The summed E-state index contributed by atoms with van der Waals surface area (Å²) in [6.07, 6.45) is 2.29. The molecule has 0 spiro atoms. The van der Waals surface area contributed by atoms with Gasteiger partial charge in [0, 0.05) is 31.6 Å². The first-order chi connectivity index (χ1) is 14.1. The van der Waals surface area contributed by atoms with E-state index < -0.39 is 0 Å². The lowest BCUT2D eigenvalue weighted by Crippen LogP contribution is -2.46. The van der Waals surface area contributed by atoms with E-state index >= 15 is 0 Å². The molecule has 0 amide bonds. The third-order valence-corrected chi connectivity index (χ3v) is 5.93. The van der Waals surface area contributed by atoms with Gasteiger partial charge in [-0.1, -0.05) is 18.2 Å². The number of rotatable bonds is 8. The monoisotopic (exact) mass is 418 g/mol. The molecule has 2 atom stereocenters. The highest BCUT2D eigenvalue weighted by molar-refractivity contribution is 7.09. The topological polar surface area (TPSA) is 48.9 Å². The van der Waals surface area contributed by atoms with E-state index in [0.29, 0.717) is 12.5 Å². The van der Waals surface area contributed by atoms with Gasteiger partial charge in [0.2, 0.25) is 0 Å². The van der Waals surface area contributed by atoms with E-state index in [2.05, 4.69) is 38.0 Å². The zero-order valence-corrected chi connectivity index (χ0v) is 18.1. The molecule has 1 aliphatic heterocycles. The minimum atomic E-state index is -0.341. The van der Waals surface area contributed by atoms with Gasteiger partial charge in [-0.15, -0.1) is 11.3 Å². The maximum absolute atomic E-state index is 13.7. The normalized spacial score (nSPS) is 19.0. The van der Waals surface area contributed by atoms with Gasteiger partial charge in [-0.3, -0.25) is 9.89 Å². The Morgan fingerprint density at radius 3 is 2.93 bits per heavy atom. The van der Waals surface area contributed by atoms with Gasteiger partial charge in [0.25, 0.3) is 0 Å². The lowest BCUT2D eigenvalue weighted by molar-refractivity contribution is 0.169. The van der Waals surface area contributed by atoms with Crippen LogP contribution in [0.4, 0.5) is 4.39 Å². The smallest absolute Gasteiger partial charge is 0.191 e. The molecule has 29 heavy (non-hydrogen) atoms. The number of hydrogen-bond acceptors (Lipinski definition) is 4. The van der Waals surface area contributed by atoms with Gasteiger partial charge in [0.05, 0.1) is 6.54 Å². The van der Waals surface area contributed by atoms with Crippen molar-refractivity contribution in [2.45, 2.75) is 32.4 Å². The second kappa shape index (κ2) is 11.2. The van der Waals surface area contributed by atoms with E-state index in [1.54, 1.807) is 25.2 Å². The number of likely N-dealkylation sites (tertiary alicyclic amines) is 1. The first-order valence-corrected chi connectivity index (χ1v) is 11.1. The molecule has 2 N–H and O–H groups in total. The lowest BCUT2D eigenvalue weighted by atomic mass is 9.98. The number of guanidine groups is 1. The number of nitrogens with one attached hydrogen (secondary N) is 2. The predicted octanol–water partition coefficient (Wildman–Crippen LogP) is 3.73.